The molecule has 0 radical (unpaired) electrons. The summed E-state index contributed by atoms with van der Waals surface area (Å²) in [5.74, 6) is -0.801. The Morgan fingerprint density at radius 3 is 1.00 bits per heavy atom. The van der Waals surface area contributed by atoms with Crippen LogP contribution in [0.15, 0.2) is 133 Å². The number of hydrogen-bond donors (Lipinski definition) is 0. The van der Waals surface area contributed by atoms with Crippen molar-refractivity contribution in [2.24, 2.45) is 21.7 Å². The molecule has 0 N–H and O–H groups in total. The fourth-order valence-corrected chi connectivity index (χ4v) is 17.0. The monoisotopic (exact) mass is 1140 g/mol. The second-order valence-electron chi connectivity index (χ2n) is 23.5. The normalized spacial score (nSPS) is 26.6. The van der Waals surface area contributed by atoms with E-state index in [1.807, 2.05) is 60.7 Å². The maximum Gasteiger partial charge on any atom is 0.326 e. The lowest BCUT2D eigenvalue weighted by molar-refractivity contribution is -0.169. The number of carbonyl (C=O) groups excluding carboxylic acids is 4. The summed E-state index contributed by atoms with van der Waals surface area (Å²) in [4.78, 5) is 60.2. The molecule has 1 heterocycles. The number of fused-ring (bicyclic) bond motifs is 2. The lowest BCUT2D eigenvalue weighted by Crippen LogP contribution is -2.38. The third-order valence-corrected chi connectivity index (χ3v) is 20.0. The highest BCUT2D eigenvalue weighted by Crippen LogP contribution is 2.90. The first kappa shape index (κ1) is 51.2. The number of ether oxygens (including phenoxy) is 10. The topological polar surface area (TPSA) is 161 Å². The number of carbonyl (C=O) groups is 4. The van der Waals surface area contributed by atoms with Crippen LogP contribution in [0.2, 0.25) is 0 Å². The molecular formula is C72H56O14. The first-order valence-electron chi connectivity index (χ1n) is 29.6. The van der Waals surface area contributed by atoms with Gasteiger partial charge in [0.05, 0.1) is 61.3 Å². The van der Waals surface area contributed by atoms with Crippen molar-refractivity contribution in [3.05, 3.63) is 189 Å². The molecule has 8 aliphatic carbocycles. The zero-order valence-electron chi connectivity index (χ0n) is 47.2. The average molecular weight is 1150 g/mol. The van der Waals surface area contributed by atoms with E-state index in [1.54, 1.807) is 38.1 Å². The van der Waals surface area contributed by atoms with E-state index >= 15 is 9.59 Å². The summed E-state index contributed by atoms with van der Waals surface area (Å²) in [6, 6.07) is 35.9. The van der Waals surface area contributed by atoms with E-state index in [0.29, 0.717) is 34.1 Å². The lowest BCUT2D eigenvalue weighted by atomic mass is 9.73. The average Bonchev–Trinajstić information content (AvgIpc) is 1.42. The summed E-state index contributed by atoms with van der Waals surface area (Å²) in [6.45, 7) is 4.90. The van der Waals surface area contributed by atoms with Gasteiger partial charge in [-0.3, -0.25) is 19.2 Å². The van der Waals surface area contributed by atoms with E-state index in [4.69, 9.17) is 47.4 Å². The van der Waals surface area contributed by atoms with Crippen LogP contribution in [-0.2, 0) is 71.6 Å². The van der Waals surface area contributed by atoms with E-state index in [-0.39, 0.29) is 79.3 Å². The van der Waals surface area contributed by atoms with Crippen LogP contribution >= 0.6 is 0 Å². The summed E-state index contributed by atoms with van der Waals surface area (Å²) >= 11 is 0. The molecule has 2 saturated carbocycles. The molecule has 0 saturated heterocycles. The minimum Gasteiger partial charge on any atom is -0.487 e. The van der Waals surface area contributed by atoms with Gasteiger partial charge >= 0.3 is 23.9 Å². The van der Waals surface area contributed by atoms with E-state index in [2.05, 4.69) is 72.8 Å². The van der Waals surface area contributed by atoms with Gasteiger partial charge < -0.3 is 47.4 Å². The van der Waals surface area contributed by atoms with Gasteiger partial charge in [0.25, 0.3) is 0 Å². The van der Waals surface area contributed by atoms with Gasteiger partial charge in [-0.15, -0.1) is 0 Å². The maximum atomic E-state index is 15.3. The van der Waals surface area contributed by atoms with Crippen LogP contribution in [-0.4, -0.2) is 89.9 Å². The highest BCUT2D eigenvalue weighted by molar-refractivity contribution is 6.27. The number of benzene rings is 8. The molecule has 1 aliphatic heterocycles. The molecular weight excluding hydrogens is 1090 g/mol. The van der Waals surface area contributed by atoms with Crippen LogP contribution in [0.5, 0.6) is 23.0 Å². The van der Waals surface area contributed by atoms with Crippen molar-refractivity contribution in [2.75, 3.05) is 66.1 Å². The Balaban J connectivity index is 0.587. The van der Waals surface area contributed by atoms with Gasteiger partial charge in [0.1, 0.15) is 39.6 Å². The second kappa shape index (κ2) is 18.1. The van der Waals surface area contributed by atoms with Gasteiger partial charge in [0.2, 0.25) is 0 Å². The largest absolute Gasteiger partial charge is 0.487 e. The second-order valence-corrected chi connectivity index (χ2v) is 23.5. The molecule has 0 aromatic heterocycles. The SMILES string of the molecule is CCOC(=O)C1(C(=O)OCc2ccc3c(c2)OCCOCCOc2cc(COC(=O)C4(C(=O)OCC)C56C=Cc7ccc8ccc9ccc(c%10c9c8c7C%1054)C=C6)ccc2OCCOCCO3)C23C=Cc4ccc5ccc6ccc(c7c6c5c4C721)C=C3. The van der Waals surface area contributed by atoms with Crippen LogP contribution in [0.25, 0.3) is 67.4 Å². The smallest absolute Gasteiger partial charge is 0.326 e. The van der Waals surface area contributed by atoms with Crippen molar-refractivity contribution >= 4 is 91.3 Å². The van der Waals surface area contributed by atoms with Gasteiger partial charge in [-0.25, -0.2) is 0 Å². The van der Waals surface area contributed by atoms with Crippen molar-refractivity contribution in [3.8, 4) is 23.0 Å². The van der Waals surface area contributed by atoms with Gasteiger partial charge in [-0.1, -0.05) is 134 Å². The molecule has 428 valence electrons. The fourth-order valence-electron chi connectivity index (χ4n) is 17.0. The fraction of sp³-hybridized carbons (Fsp3) is 0.278. The molecule has 2 spiro atoms. The number of rotatable bonds is 10. The third-order valence-electron chi connectivity index (χ3n) is 20.0. The molecule has 9 aliphatic rings. The number of allylic oxidation sites excluding steroid dienone is 4. The highest BCUT2D eigenvalue weighted by Gasteiger charge is 2.98. The van der Waals surface area contributed by atoms with Gasteiger partial charge in [0, 0.05) is 0 Å². The molecule has 17 rings (SSSR count). The van der Waals surface area contributed by atoms with E-state index < -0.39 is 56.4 Å². The summed E-state index contributed by atoms with van der Waals surface area (Å²) in [5, 5.41) is 8.47. The maximum absolute atomic E-state index is 15.3. The quantitative estimate of drug-likeness (QED) is 0.0550. The van der Waals surface area contributed by atoms with Crippen LogP contribution in [0.4, 0.5) is 0 Å². The van der Waals surface area contributed by atoms with Crippen molar-refractivity contribution in [1.29, 1.82) is 0 Å². The zero-order chi connectivity index (χ0) is 58.0. The Kier molecular flexibility index (Phi) is 10.8. The minimum atomic E-state index is -1.72. The molecule has 2 unspecified atom stereocenters. The molecule has 0 bridgehead atoms. The Morgan fingerprint density at radius 2 is 0.674 bits per heavy atom. The third kappa shape index (κ3) is 5.98. The van der Waals surface area contributed by atoms with Gasteiger partial charge in [0.15, 0.2) is 33.8 Å². The van der Waals surface area contributed by atoms with E-state index in [9.17, 15) is 9.59 Å². The molecule has 8 aromatic rings. The molecule has 0 amide bonds. The first-order chi connectivity index (χ1) is 42.2. The van der Waals surface area contributed by atoms with Crippen molar-refractivity contribution in [2.45, 2.75) is 37.9 Å². The van der Waals surface area contributed by atoms with E-state index in [0.717, 1.165) is 87.6 Å². The van der Waals surface area contributed by atoms with Gasteiger partial charge in [-0.05, 0) is 137 Å². The number of esters is 4. The Labute approximate surface area is 493 Å². The molecule has 2 atom stereocenters. The van der Waals surface area contributed by atoms with Crippen molar-refractivity contribution in [1.82, 2.24) is 0 Å². The Bertz CT molecular complexity index is 4100. The molecule has 86 heavy (non-hydrogen) atoms. The predicted molar refractivity (Wildman–Crippen MR) is 320 cm³/mol. The van der Waals surface area contributed by atoms with Crippen LogP contribution in [0, 0.1) is 21.7 Å². The van der Waals surface area contributed by atoms with Crippen LogP contribution in [0.1, 0.15) is 69.5 Å². The molecule has 14 heteroatoms. The lowest BCUT2D eigenvalue weighted by Gasteiger charge is -2.28. The van der Waals surface area contributed by atoms with Gasteiger partial charge in [-0.2, -0.15) is 0 Å². The van der Waals surface area contributed by atoms with Crippen molar-refractivity contribution < 1.29 is 66.5 Å². The zero-order valence-corrected chi connectivity index (χ0v) is 47.2. The predicted octanol–water partition coefficient (Wildman–Crippen LogP) is 11.5. The summed E-state index contributed by atoms with van der Waals surface area (Å²) in [7, 11) is 0. The number of hydrogen-bond acceptors (Lipinski definition) is 14. The first-order valence-corrected chi connectivity index (χ1v) is 29.6. The summed E-state index contributed by atoms with van der Waals surface area (Å²) in [5.41, 5.74) is 1.43. The standard InChI is InChI=1S/C72H56O14/c1-3-79-63(73)71(67-25-21-47-15-11-43-7-8-44-12-16-48(22-26-67)60-56(44)55(43)59(47)69(60,67)71)65(75)85-39-41-5-19-51-53(37-41)83-35-31-78-32-36-84-54-38-42(6-20-52(54)82-34-30-77-29-33-81-51)40-86-66(76)72(64(74)80-4-2)68-27-23-49-17-13-45-9-10-46-14-18-50(24-28-68)62-58(46)57(45)61(49)70(62,68)72/h5-28,37-38H,3-4,29-36,39-40H2,1-2H3. The van der Waals surface area contributed by atoms with Crippen LogP contribution < -0.4 is 18.9 Å². The minimum absolute atomic E-state index is 0.0929. The Morgan fingerprint density at radius 1 is 0.372 bits per heavy atom. The summed E-state index contributed by atoms with van der Waals surface area (Å²) < 4.78 is 61.5. The highest BCUT2D eigenvalue weighted by atomic mass is 16.6. The molecule has 14 nitrogen and oxygen atoms in total. The van der Waals surface area contributed by atoms with Crippen molar-refractivity contribution in [3.63, 3.8) is 0 Å². The van der Waals surface area contributed by atoms with Crippen LogP contribution in [0.3, 0.4) is 0 Å². The van der Waals surface area contributed by atoms with E-state index in [1.165, 1.54) is 0 Å². The Hall–Kier alpha value is -9.24. The molecule has 2 fully saturated rings. The summed E-state index contributed by atoms with van der Waals surface area (Å²) in [6.07, 6.45) is 16.2. The molecule has 8 aromatic carbocycles.